The molecular formula is C12H15BrClNO2. The molecule has 1 aromatic carbocycles. The minimum absolute atomic E-state index is 0.00971. The molecule has 1 N–H and O–H groups in total. The maximum Gasteiger partial charge on any atom is 0.227 e. The lowest BCUT2D eigenvalue weighted by molar-refractivity contribution is -0.130. The van der Waals surface area contributed by atoms with Gasteiger partial charge in [-0.05, 0) is 30.7 Å². The quantitative estimate of drug-likeness (QED) is 0.905. The van der Waals surface area contributed by atoms with E-state index in [0.717, 1.165) is 10.0 Å². The van der Waals surface area contributed by atoms with Crippen molar-refractivity contribution in [2.75, 3.05) is 19.7 Å². The molecule has 17 heavy (non-hydrogen) atoms. The Morgan fingerprint density at radius 2 is 2.24 bits per heavy atom. The number of rotatable bonds is 5. The van der Waals surface area contributed by atoms with Gasteiger partial charge in [-0.2, -0.15) is 0 Å². The summed E-state index contributed by atoms with van der Waals surface area (Å²) >= 11 is 9.28. The first-order valence-electron chi connectivity index (χ1n) is 5.41. The molecule has 0 saturated heterocycles. The minimum Gasteiger partial charge on any atom is -0.395 e. The first kappa shape index (κ1) is 14.5. The monoisotopic (exact) mass is 319 g/mol. The molecule has 1 rings (SSSR count). The summed E-state index contributed by atoms with van der Waals surface area (Å²) in [6, 6.07) is 5.37. The highest BCUT2D eigenvalue weighted by Crippen LogP contribution is 2.22. The lowest BCUT2D eigenvalue weighted by atomic mass is 10.1. The van der Waals surface area contributed by atoms with Crippen LogP contribution < -0.4 is 0 Å². The fourth-order valence-corrected chi connectivity index (χ4v) is 2.11. The van der Waals surface area contributed by atoms with E-state index >= 15 is 0 Å². The largest absolute Gasteiger partial charge is 0.395 e. The summed E-state index contributed by atoms with van der Waals surface area (Å²) in [7, 11) is 0. The summed E-state index contributed by atoms with van der Waals surface area (Å²) in [5.74, 6) is -0.00971. The summed E-state index contributed by atoms with van der Waals surface area (Å²) in [6.45, 7) is 2.84. The number of carbonyl (C=O) groups excluding carboxylic acids is 1. The Labute approximate surface area is 115 Å². The van der Waals surface area contributed by atoms with Gasteiger partial charge in [-0.25, -0.2) is 0 Å². The number of benzene rings is 1. The molecular weight excluding hydrogens is 305 g/mol. The number of amides is 1. The van der Waals surface area contributed by atoms with Crippen LogP contribution in [0.3, 0.4) is 0 Å². The molecule has 0 aromatic heterocycles. The van der Waals surface area contributed by atoms with Crippen molar-refractivity contribution in [3.63, 3.8) is 0 Å². The van der Waals surface area contributed by atoms with Crippen molar-refractivity contribution in [1.29, 1.82) is 0 Å². The average molecular weight is 321 g/mol. The van der Waals surface area contributed by atoms with Crippen molar-refractivity contribution in [2.24, 2.45) is 0 Å². The first-order valence-corrected chi connectivity index (χ1v) is 6.58. The Balaban J connectivity index is 2.76. The van der Waals surface area contributed by atoms with E-state index in [-0.39, 0.29) is 18.9 Å². The van der Waals surface area contributed by atoms with Crippen molar-refractivity contribution in [2.45, 2.75) is 13.3 Å². The average Bonchev–Trinajstić information content (AvgIpc) is 2.30. The van der Waals surface area contributed by atoms with Crippen molar-refractivity contribution in [3.05, 3.63) is 33.3 Å². The van der Waals surface area contributed by atoms with Gasteiger partial charge in [0, 0.05) is 22.6 Å². The van der Waals surface area contributed by atoms with Crippen LogP contribution in [0.5, 0.6) is 0 Å². The van der Waals surface area contributed by atoms with E-state index in [2.05, 4.69) is 15.9 Å². The van der Waals surface area contributed by atoms with Crippen LogP contribution in [0.15, 0.2) is 22.7 Å². The highest BCUT2D eigenvalue weighted by molar-refractivity contribution is 9.10. The van der Waals surface area contributed by atoms with E-state index in [4.69, 9.17) is 16.7 Å². The summed E-state index contributed by atoms with van der Waals surface area (Å²) in [6.07, 6.45) is 0.287. The maximum absolute atomic E-state index is 11.9. The number of hydrogen-bond donors (Lipinski definition) is 1. The van der Waals surface area contributed by atoms with Gasteiger partial charge in [-0.3, -0.25) is 4.79 Å². The Morgan fingerprint density at radius 1 is 1.53 bits per heavy atom. The molecule has 0 aliphatic heterocycles. The Hall–Kier alpha value is -0.580. The zero-order valence-electron chi connectivity index (χ0n) is 9.62. The second-order valence-electron chi connectivity index (χ2n) is 3.61. The normalized spacial score (nSPS) is 10.4. The number of hydrogen-bond acceptors (Lipinski definition) is 2. The van der Waals surface area contributed by atoms with Gasteiger partial charge in [0.1, 0.15) is 0 Å². The topological polar surface area (TPSA) is 40.5 Å². The first-order chi connectivity index (χ1) is 8.08. The lowest BCUT2D eigenvalue weighted by Gasteiger charge is -2.20. The number of aliphatic hydroxyl groups excluding tert-OH is 1. The predicted molar refractivity (Wildman–Crippen MR) is 72.2 cm³/mol. The third kappa shape index (κ3) is 4.30. The van der Waals surface area contributed by atoms with Gasteiger partial charge in [0.25, 0.3) is 0 Å². The molecule has 0 bridgehead atoms. The van der Waals surface area contributed by atoms with Crippen LogP contribution in [-0.2, 0) is 11.2 Å². The number of aliphatic hydroxyl groups is 1. The molecule has 0 spiro atoms. The highest BCUT2D eigenvalue weighted by Gasteiger charge is 2.13. The Bertz CT molecular complexity index is 398. The minimum atomic E-state index is -0.0176. The fourth-order valence-electron chi connectivity index (χ4n) is 1.53. The standard InChI is InChI=1S/C12H15BrClNO2/c1-2-15(5-6-16)12(17)8-9-7-10(14)3-4-11(9)13/h3-4,7,16H,2,5-6,8H2,1H3. The third-order valence-corrected chi connectivity index (χ3v) is 3.46. The molecule has 0 atom stereocenters. The molecule has 1 amide bonds. The van der Waals surface area contributed by atoms with E-state index in [9.17, 15) is 4.79 Å². The molecule has 0 aliphatic carbocycles. The summed E-state index contributed by atoms with van der Waals surface area (Å²) in [5.41, 5.74) is 0.860. The second kappa shape index (κ2) is 6.99. The van der Waals surface area contributed by atoms with Gasteiger partial charge in [0.2, 0.25) is 5.91 Å². The Morgan fingerprint density at radius 3 is 2.82 bits per heavy atom. The molecule has 1 aromatic rings. The number of nitrogens with zero attached hydrogens (tertiary/aromatic N) is 1. The van der Waals surface area contributed by atoms with Gasteiger partial charge in [-0.1, -0.05) is 27.5 Å². The van der Waals surface area contributed by atoms with E-state index in [1.165, 1.54) is 0 Å². The van der Waals surface area contributed by atoms with E-state index in [1.807, 2.05) is 13.0 Å². The van der Waals surface area contributed by atoms with Crippen LogP contribution in [0, 0.1) is 0 Å². The molecule has 0 heterocycles. The molecule has 5 heteroatoms. The second-order valence-corrected chi connectivity index (χ2v) is 4.90. The molecule has 94 valence electrons. The van der Waals surface area contributed by atoms with Crippen LogP contribution in [0.4, 0.5) is 0 Å². The van der Waals surface area contributed by atoms with Crippen LogP contribution >= 0.6 is 27.5 Å². The van der Waals surface area contributed by atoms with Crippen LogP contribution in [0.25, 0.3) is 0 Å². The van der Waals surface area contributed by atoms with Gasteiger partial charge in [-0.15, -0.1) is 0 Å². The van der Waals surface area contributed by atoms with E-state index in [0.29, 0.717) is 18.1 Å². The smallest absolute Gasteiger partial charge is 0.227 e. The SMILES string of the molecule is CCN(CCO)C(=O)Cc1cc(Cl)ccc1Br. The molecule has 0 unspecified atom stereocenters. The van der Waals surface area contributed by atoms with Gasteiger partial charge in [0.15, 0.2) is 0 Å². The zero-order valence-corrected chi connectivity index (χ0v) is 12.0. The molecule has 0 fully saturated rings. The Kier molecular flexibility index (Phi) is 5.95. The van der Waals surface area contributed by atoms with Gasteiger partial charge < -0.3 is 10.0 Å². The van der Waals surface area contributed by atoms with E-state index in [1.54, 1.807) is 17.0 Å². The zero-order chi connectivity index (χ0) is 12.8. The van der Waals surface area contributed by atoms with Crippen LogP contribution in [0.2, 0.25) is 5.02 Å². The predicted octanol–water partition coefficient (Wildman–Crippen LogP) is 2.49. The highest BCUT2D eigenvalue weighted by atomic mass is 79.9. The molecule has 0 aliphatic rings. The molecule has 0 radical (unpaired) electrons. The maximum atomic E-state index is 11.9. The molecule has 0 saturated carbocycles. The summed E-state index contributed by atoms with van der Waals surface area (Å²) in [5, 5.41) is 9.47. The number of likely N-dealkylation sites (N-methyl/N-ethyl adjacent to an activating group) is 1. The third-order valence-electron chi connectivity index (χ3n) is 2.45. The fraction of sp³-hybridized carbons (Fsp3) is 0.417. The number of carbonyl (C=O) groups is 1. The van der Waals surface area contributed by atoms with Crippen molar-refractivity contribution in [3.8, 4) is 0 Å². The number of halogens is 2. The lowest BCUT2D eigenvalue weighted by Crippen LogP contribution is -2.34. The van der Waals surface area contributed by atoms with Gasteiger partial charge in [0.05, 0.1) is 13.0 Å². The molecule has 3 nitrogen and oxygen atoms in total. The summed E-state index contributed by atoms with van der Waals surface area (Å²) in [4.78, 5) is 13.6. The van der Waals surface area contributed by atoms with Crippen molar-refractivity contribution < 1.29 is 9.90 Å². The van der Waals surface area contributed by atoms with Crippen LogP contribution in [0.1, 0.15) is 12.5 Å². The van der Waals surface area contributed by atoms with Crippen LogP contribution in [-0.4, -0.2) is 35.6 Å². The van der Waals surface area contributed by atoms with Gasteiger partial charge >= 0.3 is 0 Å². The van der Waals surface area contributed by atoms with Crippen molar-refractivity contribution >= 4 is 33.4 Å². The van der Waals surface area contributed by atoms with Crippen molar-refractivity contribution in [1.82, 2.24) is 4.90 Å². The van der Waals surface area contributed by atoms with E-state index < -0.39 is 0 Å². The summed E-state index contributed by atoms with van der Waals surface area (Å²) < 4.78 is 0.871.